The van der Waals surface area contributed by atoms with Gasteiger partial charge in [-0.3, -0.25) is 13.7 Å². The number of unbranched alkanes of at least 4 members (excludes halogenated alkanes) is 1. The first-order valence-corrected chi connectivity index (χ1v) is 13.2. The summed E-state index contributed by atoms with van der Waals surface area (Å²) >= 11 is 0. The minimum Gasteiger partial charge on any atom is -0.378 e. The molecular formula is C24H32N4O3S. The number of hydrogen-bond acceptors (Lipinski definition) is 5. The number of carbonyl (C=O) groups is 1. The van der Waals surface area contributed by atoms with E-state index in [9.17, 15) is 9.00 Å². The van der Waals surface area contributed by atoms with Crippen molar-refractivity contribution >= 4 is 16.7 Å². The standard InChI is InChI=1S/C24H32N4O3S/c1-2-3-10-26-11-6-7-18(16-26)28-23-19-8-4-5-9-21(19)32(30)17-20(23)22(25-28)24(29)27-12-14-31-15-13-27/h4-5,8-9,18H,2-3,6-7,10-17H2,1H3. The van der Waals surface area contributed by atoms with Crippen LogP contribution in [0.3, 0.4) is 0 Å². The zero-order valence-corrected chi connectivity index (χ0v) is 19.6. The fourth-order valence-electron chi connectivity index (χ4n) is 5.13. The molecule has 0 saturated carbocycles. The van der Waals surface area contributed by atoms with E-state index < -0.39 is 10.8 Å². The van der Waals surface area contributed by atoms with Crippen LogP contribution in [-0.4, -0.2) is 75.6 Å². The zero-order chi connectivity index (χ0) is 22.1. The number of amides is 1. The quantitative estimate of drug-likeness (QED) is 0.692. The summed E-state index contributed by atoms with van der Waals surface area (Å²) in [6, 6.07) is 8.13. The zero-order valence-electron chi connectivity index (χ0n) is 18.8. The SMILES string of the molecule is CCCCN1CCCC(n2nc(C(=O)N3CCOCC3)c3c2-c2ccccc2S(=O)C3)C1. The number of nitrogens with zero attached hydrogens (tertiary/aromatic N) is 4. The van der Waals surface area contributed by atoms with Gasteiger partial charge in [-0.15, -0.1) is 0 Å². The highest BCUT2D eigenvalue weighted by molar-refractivity contribution is 7.84. The molecule has 32 heavy (non-hydrogen) atoms. The van der Waals surface area contributed by atoms with Crippen LogP contribution in [0.5, 0.6) is 0 Å². The van der Waals surface area contributed by atoms with E-state index in [2.05, 4.69) is 16.5 Å². The molecule has 8 heteroatoms. The Morgan fingerprint density at radius 3 is 2.84 bits per heavy atom. The van der Waals surface area contributed by atoms with E-state index in [0.29, 0.717) is 37.8 Å². The topological polar surface area (TPSA) is 67.7 Å². The van der Waals surface area contributed by atoms with E-state index in [-0.39, 0.29) is 11.9 Å². The van der Waals surface area contributed by atoms with Crippen molar-refractivity contribution in [3.8, 4) is 11.3 Å². The van der Waals surface area contributed by atoms with Crippen LogP contribution in [-0.2, 0) is 21.3 Å². The monoisotopic (exact) mass is 456 g/mol. The van der Waals surface area contributed by atoms with Crippen molar-refractivity contribution in [1.29, 1.82) is 0 Å². The van der Waals surface area contributed by atoms with Crippen molar-refractivity contribution in [3.05, 3.63) is 35.5 Å². The number of benzene rings is 1. The van der Waals surface area contributed by atoms with E-state index >= 15 is 0 Å². The lowest BCUT2D eigenvalue weighted by molar-refractivity contribution is 0.0297. The van der Waals surface area contributed by atoms with Gasteiger partial charge in [0.15, 0.2) is 5.69 Å². The number of rotatable bonds is 5. The van der Waals surface area contributed by atoms with E-state index in [1.165, 1.54) is 12.8 Å². The molecule has 3 aliphatic heterocycles. The lowest BCUT2D eigenvalue weighted by atomic mass is 10.0. The van der Waals surface area contributed by atoms with Gasteiger partial charge in [0.2, 0.25) is 0 Å². The summed E-state index contributed by atoms with van der Waals surface area (Å²) in [7, 11) is -1.17. The van der Waals surface area contributed by atoms with Crippen LogP contribution in [0.2, 0.25) is 0 Å². The molecule has 2 unspecified atom stereocenters. The van der Waals surface area contributed by atoms with Crippen LogP contribution in [0.1, 0.15) is 54.7 Å². The predicted molar refractivity (Wildman–Crippen MR) is 124 cm³/mol. The molecule has 7 nitrogen and oxygen atoms in total. The van der Waals surface area contributed by atoms with Gasteiger partial charge in [-0.2, -0.15) is 5.10 Å². The average Bonchev–Trinajstić information content (AvgIpc) is 3.22. The maximum Gasteiger partial charge on any atom is 0.274 e. The molecule has 5 rings (SSSR count). The molecule has 2 fully saturated rings. The molecule has 3 aliphatic rings. The van der Waals surface area contributed by atoms with Gasteiger partial charge in [-0.05, 0) is 38.4 Å². The lowest BCUT2D eigenvalue weighted by Crippen LogP contribution is -2.41. The van der Waals surface area contributed by atoms with E-state index in [1.54, 1.807) is 0 Å². The molecule has 2 saturated heterocycles. The molecular weight excluding hydrogens is 424 g/mol. The smallest absolute Gasteiger partial charge is 0.274 e. The summed E-state index contributed by atoms with van der Waals surface area (Å²) in [4.78, 5) is 18.7. The molecule has 0 bridgehead atoms. The molecule has 0 radical (unpaired) electrons. The normalized spacial score (nSPS) is 23.6. The van der Waals surface area contributed by atoms with Crippen molar-refractivity contribution in [3.63, 3.8) is 0 Å². The fourth-order valence-corrected chi connectivity index (χ4v) is 6.46. The van der Waals surface area contributed by atoms with Crippen molar-refractivity contribution in [2.24, 2.45) is 0 Å². The summed E-state index contributed by atoms with van der Waals surface area (Å²) in [6.07, 6.45) is 4.57. The van der Waals surface area contributed by atoms with Crippen LogP contribution < -0.4 is 0 Å². The van der Waals surface area contributed by atoms with Crippen LogP contribution in [0.15, 0.2) is 29.2 Å². The minimum absolute atomic E-state index is 0.0571. The number of likely N-dealkylation sites (tertiary alicyclic amines) is 1. The van der Waals surface area contributed by atoms with Gasteiger partial charge in [0.25, 0.3) is 5.91 Å². The van der Waals surface area contributed by atoms with Crippen LogP contribution >= 0.6 is 0 Å². The Bertz CT molecular complexity index is 1010. The Morgan fingerprint density at radius 2 is 2.03 bits per heavy atom. The average molecular weight is 457 g/mol. The van der Waals surface area contributed by atoms with Crippen molar-refractivity contribution < 1.29 is 13.7 Å². The molecule has 2 aromatic rings. The number of ether oxygens (including phenoxy) is 1. The molecule has 0 spiro atoms. The second-order valence-corrected chi connectivity index (χ2v) is 10.4. The van der Waals surface area contributed by atoms with Crippen LogP contribution in [0.4, 0.5) is 0 Å². The van der Waals surface area contributed by atoms with Gasteiger partial charge in [0.1, 0.15) is 0 Å². The highest BCUT2D eigenvalue weighted by Gasteiger charge is 2.36. The largest absolute Gasteiger partial charge is 0.378 e. The summed E-state index contributed by atoms with van der Waals surface area (Å²) in [6.45, 7) is 7.67. The lowest BCUT2D eigenvalue weighted by Gasteiger charge is -2.34. The number of hydrogen-bond donors (Lipinski definition) is 0. The Labute approximate surface area is 192 Å². The Kier molecular flexibility index (Phi) is 6.44. The summed E-state index contributed by atoms with van der Waals surface area (Å²) in [5.74, 6) is 0.294. The fraction of sp³-hybridized carbons (Fsp3) is 0.583. The Morgan fingerprint density at radius 1 is 1.22 bits per heavy atom. The first-order chi connectivity index (χ1) is 15.7. The van der Waals surface area contributed by atoms with Crippen LogP contribution in [0, 0.1) is 0 Å². The van der Waals surface area contributed by atoms with Crippen molar-refractivity contribution in [2.75, 3.05) is 45.9 Å². The summed E-state index contributed by atoms with van der Waals surface area (Å²) in [5, 5.41) is 4.96. The van der Waals surface area contributed by atoms with E-state index in [0.717, 1.165) is 54.2 Å². The first kappa shape index (κ1) is 21.8. The molecule has 1 aromatic heterocycles. The molecule has 0 aliphatic carbocycles. The number of piperidine rings is 1. The summed E-state index contributed by atoms with van der Waals surface area (Å²) < 4.78 is 20.6. The number of fused-ring (bicyclic) bond motifs is 3. The van der Waals surface area contributed by atoms with E-state index in [1.807, 2.05) is 29.2 Å². The Balaban J connectivity index is 1.57. The maximum atomic E-state index is 13.5. The summed E-state index contributed by atoms with van der Waals surface area (Å²) in [5.41, 5.74) is 3.30. The van der Waals surface area contributed by atoms with Gasteiger partial charge < -0.3 is 14.5 Å². The molecule has 1 aromatic carbocycles. The third kappa shape index (κ3) is 4.04. The number of carbonyl (C=O) groups excluding carboxylic acids is 1. The van der Waals surface area contributed by atoms with Gasteiger partial charge >= 0.3 is 0 Å². The van der Waals surface area contributed by atoms with Crippen molar-refractivity contribution in [2.45, 2.75) is 49.3 Å². The minimum atomic E-state index is -1.17. The van der Waals surface area contributed by atoms with Gasteiger partial charge in [-0.25, -0.2) is 0 Å². The Hall–Kier alpha value is -2.03. The van der Waals surface area contributed by atoms with Crippen LogP contribution in [0.25, 0.3) is 11.3 Å². The molecule has 4 heterocycles. The first-order valence-electron chi connectivity index (χ1n) is 11.9. The maximum absolute atomic E-state index is 13.5. The molecule has 172 valence electrons. The van der Waals surface area contributed by atoms with Gasteiger partial charge in [0.05, 0.1) is 41.5 Å². The second-order valence-electron chi connectivity index (χ2n) is 8.96. The number of morpholine rings is 1. The molecule has 1 amide bonds. The predicted octanol–water partition coefficient (Wildman–Crippen LogP) is 3.08. The highest BCUT2D eigenvalue weighted by atomic mass is 32.2. The van der Waals surface area contributed by atoms with E-state index in [4.69, 9.17) is 9.84 Å². The van der Waals surface area contributed by atoms with Gasteiger partial charge in [0, 0.05) is 35.7 Å². The third-order valence-corrected chi connectivity index (χ3v) is 8.22. The second kappa shape index (κ2) is 9.45. The molecule has 0 N–H and O–H groups in total. The highest BCUT2D eigenvalue weighted by Crippen LogP contribution is 2.40. The number of aromatic nitrogens is 2. The third-order valence-electron chi connectivity index (χ3n) is 6.83. The molecule has 2 atom stereocenters. The van der Waals surface area contributed by atoms with Gasteiger partial charge in [-0.1, -0.05) is 31.5 Å². The van der Waals surface area contributed by atoms with Crippen molar-refractivity contribution in [1.82, 2.24) is 19.6 Å².